The van der Waals surface area contributed by atoms with Crippen molar-refractivity contribution in [1.82, 2.24) is 26.6 Å². The zero-order valence-corrected chi connectivity index (χ0v) is 47.2. The number of hydrogen-bond donors (Lipinski definition) is 10. The second-order valence-electron chi connectivity index (χ2n) is 19.8. The van der Waals surface area contributed by atoms with E-state index in [-0.39, 0.29) is 135 Å². The van der Waals surface area contributed by atoms with Crippen molar-refractivity contribution >= 4 is 65.0 Å². The Kier molecular flexibility index (Phi) is 46.8. The number of carboxylic acid groups (broad SMARTS) is 5. The third kappa shape index (κ3) is 46.2. The number of likely N-dealkylation sites (N-methyl/N-ethyl adjacent to an activating group) is 1. The molecule has 80 heavy (non-hydrogen) atoms. The van der Waals surface area contributed by atoms with Crippen molar-refractivity contribution in [2.24, 2.45) is 5.92 Å². The Labute approximate surface area is 470 Å². The van der Waals surface area contributed by atoms with Gasteiger partial charge < -0.3 is 71.1 Å². The number of carbonyl (C=O) groups excluding carboxylic acids is 6. The van der Waals surface area contributed by atoms with Crippen LogP contribution in [0.2, 0.25) is 0 Å². The Morgan fingerprint density at radius 1 is 0.362 bits per heavy atom. The highest BCUT2D eigenvalue weighted by atomic mass is 16.5. The van der Waals surface area contributed by atoms with E-state index in [1.165, 1.54) is 32.1 Å². The molecule has 10 N–H and O–H groups in total. The molecule has 0 heterocycles. The molecule has 0 aliphatic carbocycles. The van der Waals surface area contributed by atoms with Crippen molar-refractivity contribution in [3.63, 3.8) is 0 Å². The first-order valence-electron chi connectivity index (χ1n) is 28.7. The molecule has 1 unspecified atom stereocenters. The Balaban J connectivity index is 3.98. The average molecular weight is 1150 g/mol. The summed E-state index contributed by atoms with van der Waals surface area (Å²) in [6.07, 6.45) is 15.8. The van der Waals surface area contributed by atoms with Gasteiger partial charge in [-0.25, -0.2) is 9.59 Å². The number of ketones is 2. The number of carboxylic acids is 5. The molecule has 0 saturated carbocycles. The molecular weight excluding hydrogens is 1050 g/mol. The largest absolute Gasteiger partial charge is 0.481 e. The van der Waals surface area contributed by atoms with Crippen LogP contribution in [0.5, 0.6) is 0 Å². The van der Waals surface area contributed by atoms with Crippen LogP contribution in [0.4, 0.5) is 0 Å². The zero-order valence-electron chi connectivity index (χ0n) is 47.2. The van der Waals surface area contributed by atoms with Gasteiger partial charge in [0.2, 0.25) is 23.6 Å². The number of unbranched alkanes of at least 4 members (excludes halogenated alkanes) is 14. The lowest BCUT2D eigenvalue weighted by molar-refractivity contribution is -0.145. The molecule has 0 bridgehead atoms. The van der Waals surface area contributed by atoms with Crippen LogP contribution in [0.15, 0.2) is 0 Å². The van der Waals surface area contributed by atoms with E-state index < -0.39 is 84.5 Å². The number of amides is 4. The highest BCUT2D eigenvalue weighted by Gasteiger charge is 2.26. The van der Waals surface area contributed by atoms with Crippen molar-refractivity contribution in [3.05, 3.63) is 0 Å². The van der Waals surface area contributed by atoms with Gasteiger partial charge in [0.15, 0.2) is 5.78 Å². The Morgan fingerprint density at radius 3 is 1.38 bits per heavy atom. The van der Waals surface area contributed by atoms with E-state index in [0.29, 0.717) is 38.6 Å². The highest BCUT2D eigenvalue weighted by Crippen LogP contribution is 2.17. The van der Waals surface area contributed by atoms with E-state index in [1.807, 2.05) is 0 Å². The molecule has 0 aliphatic heterocycles. The summed E-state index contributed by atoms with van der Waals surface area (Å²) in [6.45, 7) is 2.84. The second kappa shape index (κ2) is 50.3. The maximum Gasteiger partial charge on any atom is 0.326 e. The van der Waals surface area contributed by atoms with Gasteiger partial charge in [0.05, 0.1) is 39.0 Å². The molecule has 4 atom stereocenters. The van der Waals surface area contributed by atoms with Gasteiger partial charge in [-0.1, -0.05) is 84.0 Å². The van der Waals surface area contributed by atoms with Gasteiger partial charge in [-0.05, 0) is 64.3 Å². The van der Waals surface area contributed by atoms with E-state index in [4.69, 9.17) is 24.1 Å². The summed E-state index contributed by atoms with van der Waals surface area (Å²) in [7, 11) is 0. The molecule has 460 valence electrons. The third-order valence-electron chi connectivity index (χ3n) is 12.8. The standard InChI is InChI=1S/C55H95N5O20/c1-2-56-44(53(71)72)21-17-18-30-57-47(63)28-24-41(52(69)70)38-42(61)25-26-45(54(73)74)60-50(66)40-80-37-34-77-32-19-20-43(62)39-79-36-35-78-33-31-58-48(64)29-27-46(55(75)76)59-49(65)22-15-13-11-9-7-5-3-4-6-8-10-12-14-16-23-51(67)68/h41,44-46,56H,2-40H2,1H3,(H,57,63)(H,58,64)(H,59,65)(H,60,66)(H,67,68)(H,69,70)(H,71,72)(H,73,74)(H,75,76)/t41?,44-,45-,46-/m0/s1. The Morgan fingerprint density at radius 2 is 0.838 bits per heavy atom. The van der Waals surface area contributed by atoms with Gasteiger partial charge in [0.25, 0.3) is 0 Å². The maximum atomic E-state index is 12.6. The molecule has 0 aromatic carbocycles. The van der Waals surface area contributed by atoms with Gasteiger partial charge in [-0.2, -0.15) is 0 Å². The summed E-state index contributed by atoms with van der Waals surface area (Å²) < 4.78 is 21.4. The molecule has 0 aliphatic rings. The minimum absolute atomic E-state index is 0.0129. The van der Waals surface area contributed by atoms with Crippen LogP contribution >= 0.6 is 0 Å². The Hall–Kier alpha value is -5.63. The predicted molar refractivity (Wildman–Crippen MR) is 292 cm³/mol. The predicted octanol–water partition coefficient (Wildman–Crippen LogP) is 4.33. The fraction of sp³-hybridized carbons (Fsp3) is 0.800. The van der Waals surface area contributed by atoms with Crippen LogP contribution in [0.3, 0.4) is 0 Å². The molecule has 0 aromatic rings. The average Bonchev–Trinajstić information content (AvgIpc) is 3.40. The van der Waals surface area contributed by atoms with Gasteiger partial charge in [0.1, 0.15) is 37.1 Å². The van der Waals surface area contributed by atoms with Crippen LogP contribution in [0.1, 0.15) is 187 Å². The van der Waals surface area contributed by atoms with Crippen molar-refractivity contribution in [2.75, 3.05) is 72.5 Å². The second-order valence-corrected chi connectivity index (χ2v) is 19.8. The summed E-state index contributed by atoms with van der Waals surface area (Å²) in [6, 6.07) is -3.30. The number of ether oxygens (including phenoxy) is 4. The first-order chi connectivity index (χ1) is 38.4. The van der Waals surface area contributed by atoms with Crippen LogP contribution in [-0.4, -0.2) is 181 Å². The molecule has 0 rings (SSSR count). The van der Waals surface area contributed by atoms with Gasteiger partial charge >= 0.3 is 29.8 Å². The first kappa shape index (κ1) is 74.4. The molecule has 0 radical (unpaired) electrons. The van der Waals surface area contributed by atoms with E-state index >= 15 is 0 Å². The minimum Gasteiger partial charge on any atom is -0.481 e. The van der Waals surface area contributed by atoms with E-state index in [2.05, 4.69) is 26.6 Å². The Bertz CT molecular complexity index is 1800. The third-order valence-corrected chi connectivity index (χ3v) is 12.8. The monoisotopic (exact) mass is 1150 g/mol. The van der Waals surface area contributed by atoms with Gasteiger partial charge in [0, 0.05) is 64.6 Å². The van der Waals surface area contributed by atoms with Crippen molar-refractivity contribution < 1.29 is 97.2 Å². The van der Waals surface area contributed by atoms with E-state index in [0.717, 1.165) is 51.4 Å². The summed E-state index contributed by atoms with van der Waals surface area (Å²) in [5, 5.41) is 59.5. The molecular formula is C55H95N5O20. The summed E-state index contributed by atoms with van der Waals surface area (Å²) in [5.74, 6) is -9.40. The number of rotatable bonds is 58. The molecule has 25 heteroatoms. The fourth-order valence-corrected chi connectivity index (χ4v) is 8.21. The van der Waals surface area contributed by atoms with Crippen LogP contribution in [-0.2, 0) is 71.7 Å². The maximum absolute atomic E-state index is 12.6. The van der Waals surface area contributed by atoms with Gasteiger partial charge in [-0.15, -0.1) is 0 Å². The summed E-state index contributed by atoms with van der Waals surface area (Å²) in [5.41, 5.74) is 0. The first-order valence-corrected chi connectivity index (χ1v) is 28.7. The lowest BCUT2D eigenvalue weighted by Gasteiger charge is -2.16. The summed E-state index contributed by atoms with van der Waals surface area (Å²) >= 11 is 0. The van der Waals surface area contributed by atoms with E-state index in [1.54, 1.807) is 6.92 Å². The summed E-state index contributed by atoms with van der Waals surface area (Å²) in [4.78, 5) is 131. The number of nitrogens with one attached hydrogen (secondary N) is 5. The SMILES string of the molecule is CCN[C@@H](CCCCNC(=O)CCC(CC(=O)CC[C@H](NC(=O)COCCOCCCC(=O)COCCOCCNC(=O)CC[C@H](NC(=O)CCCCCCCCCCCCCCCCC(=O)O)C(=O)O)C(=O)O)C(=O)O)C(=O)O. The van der Waals surface area contributed by atoms with E-state index in [9.17, 15) is 73.2 Å². The normalized spacial score (nSPS) is 12.6. The van der Waals surface area contributed by atoms with Crippen LogP contribution in [0.25, 0.3) is 0 Å². The fourth-order valence-electron chi connectivity index (χ4n) is 8.21. The number of hydrogen-bond acceptors (Lipinski definition) is 16. The quantitative estimate of drug-likeness (QED) is 0.0379. The highest BCUT2D eigenvalue weighted by molar-refractivity contribution is 5.87. The van der Waals surface area contributed by atoms with Gasteiger partial charge in [-0.3, -0.25) is 43.2 Å². The van der Waals surface area contributed by atoms with Crippen LogP contribution in [0, 0.1) is 5.92 Å². The number of Topliss-reactive ketones (excluding diaryl/α,β-unsaturated/α-hetero) is 2. The zero-order chi connectivity index (χ0) is 59.6. The lowest BCUT2D eigenvalue weighted by Crippen LogP contribution is -2.42. The van der Waals surface area contributed by atoms with Crippen molar-refractivity contribution in [3.8, 4) is 0 Å². The topological polar surface area (TPSA) is 386 Å². The van der Waals surface area contributed by atoms with Crippen LogP contribution < -0.4 is 26.6 Å². The molecule has 0 spiro atoms. The molecule has 4 amide bonds. The molecule has 0 fully saturated rings. The van der Waals surface area contributed by atoms with Crippen molar-refractivity contribution in [1.29, 1.82) is 0 Å². The molecule has 0 aromatic heterocycles. The molecule has 0 saturated heterocycles. The molecule has 25 nitrogen and oxygen atoms in total. The number of aliphatic carboxylic acids is 5. The smallest absolute Gasteiger partial charge is 0.326 e. The van der Waals surface area contributed by atoms with Crippen molar-refractivity contribution in [2.45, 2.75) is 205 Å². The lowest BCUT2D eigenvalue weighted by atomic mass is 9.94. The minimum atomic E-state index is -1.44. The number of carbonyl (C=O) groups is 11.